The van der Waals surface area contributed by atoms with Gasteiger partial charge in [-0.1, -0.05) is 20.8 Å². The van der Waals surface area contributed by atoms with E-state index in [-0.39, 0.29) is 6.10 Å². The summed E-state index contributed by atoms with van der Waals surface area (Å²) in [5, 5.41) is 13.6. The molecule has 2 atom stereocenters. The van der Waals surface area contributed by atoms with Gasteiger partial charge in [-0.3, -0.25) is 0 Å². The molecule has 2 N–H and O–H groups in total. The van der Waals surface area contributed by atoms with Gasteiger partial charge in [-0.25, -0.2) is 0 Å². The Morgan fingerprint density at radius 1 is 1.22 bits per heavy atom. The van der Waals surface area contributed by atoms with Gasteiger partial charge in [0.2, 0.25) is 0 Å². The molecule has 0 fully saturated rings. The highest BCUT2D eigenvalue weighted by atomic mass is 32.2. The summed E-state index contributed by atoms with van der Waals surface area (Å²) in [6.07, 6.45) is 5.17. The number of hydrogen-bond acceptors (Lipinski definition) is 4. The van der Waals surface area contributed by atoms with Crippen LogP contribution in [0, 0.1) is 5.92 Å². The minimum absolute atomic E-state index is 0.381. The van der Waals surface area contributed by atoms with Gasteiger partial charge in [0.25, 0.3) is 0 Å². The van der Waals surface area contributed by atoms with E-state index in [1.54, 1.807) is 0 Å². The van der Waals surface area contributed by atoms with Crippen molar-refractivity contribution in [1.82, 2.24) is 5.32 Å². The highest BCUT2D eigenvalue weighted by molar-refractivity contribution is 7.99. The van der Waals surface area contributed by atoms with Crippen molar-refractivity contribution in [2.45, 2.75) is 51.4 Å². The second-order valence-electron chi connectivity index (χ2n) is 5.30. The Morgan fingerprint density at radius 3 is 2.56 bits per heavy atom. The summed E-state index contributed by atoms with van der Waals surface area (Å²) in [6, 6.07) is 0. The molecule has 0 heterocycles. The number of rotatable bonds is 12. The first-order valence-electron chi connectivity index (χ1n) is 7.05. The molecule has 0 bridgehead atoms. The van der Waals surface area contributed by atoms with Crippen molar-refractivity contribution in [2.24, 2.45) is 5.92 Å². The number of ether oxygens (including phenoxy) is 1. The summed E-state index contributed by atoms with van der Waals surface area (Å²) in [6.45, 7) is 9.46. The number of aliphatic hydroxyl groups excluding tert-OH is 1. The third-order valence-corrected chi connectivity index (χ3v) is 3.93. The van der Waals surface area contributed by atoms with Crippen LogP contribution in [0.5, 0.6) is 0 Å². The highest BCUT2D eigenvalue weighted by Crippen LogP contribution is 2.07. The van der Waals surface area contributed by atoms with Crippen molar-refractivity contribution in [1.29, 1.82) is 0 Å². The summed E-state index contributed by atoms with van der Waals surface area (Å²) in [7, 11) is 0. The third-order valence-electron chi connectivity index (χ3n) is 2.89. The van der Waals surface area contributed by atoms with Crippen LogP contribution in [0.25, 0.3) is 0 Å². The summed E-state index contributed by atoms with van der Waals surface area (Å²) in [5.74, 6) is 0.735. The predicted octanol–water partition coefficient (Wildman–Crippen LogP) is 2.53. The fraction of sp³-hybridized carbons (Fsp3) is 1.00. The van der Waals surface area contributed by atoms with E-state index in [4.69, 9.17) is 4.74 Å². The van der Waals surface area contributed by atoms with Crippen molar-refractivity contribution in [3.8, 4) is 0 Å². The number of nitrogens with one attached hydrogen (secondary N) is 1. The average Bonchev–Trinajstić information content (AvgIpc) is 2.33. The lowest BCUT2D eigenvalue weighted by atomic mass is 10.1. The Labute approximate surface area is 117 Å². The van der Waals surface area contributed by atoms with E-state index in [0.717, 1.165) is 31.9 Å². The normalized spacial score (nSPS) is 15.0. The van der Waals surface area contributed by atoms with Crippen molar-refractivity contribution in [3.63, 3.8) is 0 Å². The summed E-state index contributed by atoms with van der Waals surface area (Å²) in [5.41, 5.74) is 0. The molecular formula is C14H31NO2S. The molecule has 0 aliphatic rings. The molecule has 2 unspecified atom stereocenters. The van der Waals surface area contributed by atoms with E-state index in [0.29, 0.717) is 18.4 Å². The van der Waals surface area contributed by atoms with Crippen LogP contribution in [0.1, 0.15) is 40.0 Å². The summed E-state index contributed by atoms with van der Waals surface area (Å²) >= 11 is 1.88. The van der Waals surface area contributed by atoms with Crippen LogP contribution < -0.4 is 5.32 Å². The Hall–Kier alpha value is 0.230. The second-order valence-corrected chi connectivity index (χ2v) is 6.58. The van der Waals surface area contributed by atoms with Gasteiger partial charge >= 0.3 is 0 Å². The van der Waals surface area contributed by atoms with Crippen LogP contribution in [-0.2, 0) is 4.74 Å². The van der Waals surface area contributed by atoms with E-state index in [2.05, 4.69) is 32.3 Å². The van der Waals surface area contributed by atoms with Crippen molar-refractivity contribution >= 4 is 11.8 Å². The molecule has 0 aliphatic carbocycles. The van der Waals surface area contributed by atoms with Crippen molar-refractivity contribution in [2.75, 3.05) is 32.6 Å². The minimum atomic E-state index is -0.381. The lowest BCUT2D eigenvalue weighted by Gasteiger charge is -2.14. The molecule has 0 amide bonds. The number of aliphatic hydroxyl groups is 1. The minimum Gasteiger partial charge on any atom is -0.389 e. The molecule has 0 saturated heterocycles. The van der Waals surface area contributed by atoms with E-state index in [1.807, 2.05) is 11.8 Å². The molecule has 18 heavy (non-hydrogen) atoms. The van der Waals surface area contributed by atoms with E-state index >= 15 is 0 Å². The zero-order chi connectivity index (χ0) is 13.8. The topological polar surface area (TPSA) is 41.5 Å². The van der Waals surface area contributed by atoms with Crippen molar-refractivity contribution in [3.05, 3.63) is 0 Å². The summed E-state index contributed by atoms with van der Waals surface area (Å²) < 4.78 is 5.45. The zero-order valence-electron chi connectivity index (χ0n) is 12.4. The fourth-order valence-corrected chi connectivity index (χ4v) is 1.92. The van der Waals surface area contributed by atoms with E-state index < -0.39 is 0 Å². The largest absolute Gasteiger partial charge is 0.389 e. The molecule has 0 aromatic heterocycles. The zero-order valence-corrected chi connectivity index (χ0v) is 13.3. The first-order chi connectivity index (χ1) is 8.56. The molecule has 0 aliphatic heterocycles. The van der Waals surface area contributed by atoms with Gasteiger partial charge in [-0.15, -0.1) is 0 Å². The van der Waals surface area contributed by atoms with Crippen LogP contribution in [0.4, 0.5) is 0 Å². The average molecular weight is 277 g/mol. The molecule has 0 spiro atoms. The maximum absolute atomic E-state index is 9.69. The van der Waals surface area contributed by atoms with Gasteiger partial charge < -0.3 is 15.2 Å². The molecule has 3 nitrogen and oxygen atoms in total. The second kappa shape index (κ2) is 12.3. The molecule has 0 aromatic rings. The maximum atomic E-state index is 9.69. The molecule has 0 radical (unpaired) electrons. The number of thioether (sulfide) groups is 1. The highest BCUT2D eigenvalue weighted by Gasteiger charge is 2.04. The van der Waals surface area contributed by atoms with Gasteiger partial charge in [-0.2, -0.15) is 11.8 Å². The van der Waals surface area contributed by atoms with Gasteiger partial charge in [0.05, 0.1) is 12.7 Å². The Balaban J connectivity index is 3.24. The number of hydrogen-bond donors (Lipinski definition) is 2. The smallest absolute Gasteiger partial charge is 0.0897 e. The van der Waals surface area contributed by atoms with E-state index in [1.165, 1.54) is 6.42 Å². The predicted molar refractivity (Wildman–Crippen MR) is 81.4 cm³/mol. The van der Waals surface area contributed by atoms with Crippen LogP contribution >= 0.6 is 11.8 Å². The van der Waals surface area contributed by atoms with Gasteiger partial charge in [0.15, 0.2) is 0 Å². The Kier molecular flexibility index (Phi) is 12.4. The van der Waals surface area contributed by atoms with Gasteiger partial charge in [0, 0.05) is 18.4 Å². The van der Waals surface area contributed by atoms with Gasteiger partial charge in [0.1, 0.15) is 0 Å². The monoisotopic (exact) mass is 277 g/mol. The standard InChI is InChI=1S/C14H31NO2S/c1-12(2)6-5-9-17-11-14(16)10-15-8-7-13(3)18-4/h12-16H,5-11H2,1-4H3. The molecule has 0 saturated carbocycles. The van der Waals surface area contributed by atoms with Crippen molar-refractivity contribution < 1.29 is 9.84 Å². The van der Waals surface area contributed by atoms with E-state index in [9.17, 15) is 5.11 Å². The molecule has 0 rings (SSSR count). The molecule has 4 heteroatoms. The summed E-state index contributed by atoms with van der Waals surface area (Å²) in [4.78, 5) is 0. The van der Waals surface area contributed by atoms with Crippen LogP contribution in [0.15, 0.2) is 0 Å². The molecular weight excluding hydrogens is 246 g/mol. The SMILES string of the molecule is CSC(C)CCNCC(O)COCCCC(C)C. The Morgan fingerprint density at radius 2 is 1.94 bits per heavy atom. The quantitative estimate of drug-likeness (QED) is 0.538. The van der Waals surface area contributed by atoms with Crippen LogP contribution in [0.2, 0.25) is 0 Å². The third kappa shape index (κ3) is 12.7. The lowest BCUT2D eigenvalue weighted by molar-refractivity contribution is 0.0349. The Bertz CT molecular complexity index is 179. The molecule has 0 aromatic carbocycles. The molecule has 110 valence electrons. The first kappa shape index (κ1) is 18.2. The van der Waals surface area contributed by atoms with Crippen LogP contribution in [-0.4, -0.2) is 49.0 Å². The lowest BCUT2D eigenvalue weighted by Crippen LogP contribution is -2.31. The van der Waals surface area contributed by atoms with Gasteiger partial charge in [-0.05, 0) is 38.0 Å². The maximum Gasteiger partial charge on any atom is 0.0897 e. The first-order valence-corrected chi connectivity index (χ1v) is 8.34. The van der Waals surface area contributed by atoms with Crippen LogP contribution in [0.3, 0.4) is 0 Å². The fourth-order valence-electron chi connectivity index (χ4n) is 1.56.